The van der Waals surface area contributed by atoms with Crippen molar-refractivity contribution in [3.63, 3.8) is 0 Å². The third-order valence-corrected chi connectivity index (χ3v) is 3.21. The van der Waals surface area contributed by atoms with Crippen molar-refractivity contribution in [1.82, 2.24) is 10.2 Å². The fourth-order valence-corrected chi connectivity index (χ4v) is 1.86. The van der Waals surface area contributed by atoms with E-state index in [1.54, 1.807) is 0 Å². The molecule has 0 aromatic carbocycles. The van der Waals surface area contributed by atoms with E-state index in [4.69, 9.17) is 4.99 Å². The molecule has 0 aromatic rings. The molecule has 4 nitrogen and oxygen atoms in total. The van der Waals surface area contributed by atoms with Crippen molar-refractivity contribution in [2.75, 3.05) is 26.2 Å². The van der Waals surface area contributed by atoms with Crippen molar-refractivity contribution in [2.45, 2.75) is 69.2 Å². The SMILES string of the molecule is C=C(C)/C(C)=C(/C=C\C)N=C(C)N1CCNCC1.CC.CC.CC(C)=O. The van der Waals surface area contributed by atoms with Crippen LogP contribution in [0.2, 0.25) is 0 Å². The summed E-state index contributed by atoms with van der Waals surface area (Å²) in [5, 5.41) is 3.35. The predicted octanol–water partition coefficient (Wildman–Crippen LogP) is 5.38. The maximum absolute atomic E-state index is 9.44. The Morgan fingerprint density at radius 3 is 1.77 bits per heavy atom. The lowest BCUT2D eigenvalue weighted by Gasteiger charge is -2.29. The first-order chi connectivity index (χ1) is 12.3. The van der Waals surface area contributed by atoms with Crippen LogP contribution in [-0.2, 0) is 4.79 Å². The summed E-state index contributed by atoms with van der Waals surface area (Å²) in [6, 6.07) is 0. The third-order valence-electron chi connectivity index (χ3n) is 3.21. The number of amidine groups is 1. The molecule has 0 atom stereocenters. The first-order valence-electron chi connectivity index (χ1n) is 9.77. The summed E-state index contributed by atoms with van der Waals surface area (Å²) in [7, 11) is 0. The summed E-state index contributed by atoms with van der Waals surface area (Å²) in [4.78, 5) is 16.5. The molecule has 0 amide bonds. The van der Waals surface area contributed by atoms with Gasteiger partial charge in [0.1, 0.15) is 11.6 Å². The van der Waals surface area contributed by atoms with Crippen LogP contribution < -0.4 is 5.32 Å². The van der Waals surface area contributed by atoms with Gasteiger partial charge in [0.05, 0.1) is 5.70 Å². The summed E-state index contributed by atoms with van der Waals surface area (Å²) in [6.07, 6.45) is 4.08. The largest absolute Gasteiger partial charge is 0.358 e. The molecule has 1 saturated heterocycles. The quantitative estimate of drug-likeness (QED) is 0.414. The highest BCUT2D eigenvalue weighted by Crippen LogP contribution is 2.15. The number of ketones is 1. The Balaban J connectivity index is -0.000000568. The minimum Gasteiger partial charge on any atom is -0.358 e. The van der Waals surface area contributed by atoms with E-state index in [-0.39, 0.29) is 5.78 Å². The minimum atomic E-state index is 0.167. The van der Waals surface area contributed by atoms with Gasteiger partial charge < -0.3 is 15.0 Å². The molecule has 0 aromatic heterocycles. The Morgan fingerprint density at radius 2 is 1.42 bits per heavy atom. The topological polar surface area (TPSA) is 44.7 Å². The van der Waals surface area contributed by atoms with Gasteiger partial charge in [-0.3, -0.25) is 0 Å². The standard InChI is InChI=1S/C15H25N3.C3H6O.2C2H6/c1-6-7-15(13(4)12(2)3)17-14(5)18-10-8-16-9-11-18;1-3(2)4;2*1-2/h6-7,16H,2,8-11H2,1,3-5H3;1-2H3;2*1-2H3/b7-6-,15-13-,17-14?;;;. The highest BCUT2D eigenvalue weighted by atomic mass is 16.1. The maximum Gasteiger partial charge on any atom is 0.126 e. The minimum absolute atomic E-state index is 0.167. The first-order valence-corrected chi connectivity index (χ1v) is 9.77. The average Bonchev–Trinajstić information content (AvgIpc) is 2.64. The van der Waals surface area contributed by atoms with Crippen LogP contribution in [0.4, 0.5) is 0 Å². The Bertz CT molecular complexity index is 464. The smallest absolute Gasteiger partial charge is 0.126 e. The molecule has 1 heterocycles. The maximum atomic E-state index is 9.44. The Labute approximate surface area is 163 Å². The van der Waals surface area contributed by atoms with Crippen molar-refractivity contribution in [2.24, 2.45) is 4.99 Å². The van der Waals surface area contributed by atoms with Crippen LogP contribution in [0.25, 0.3) is 0 Å². The van der Waals surface area contributed by atoms with Crippen LogP contribution in [0.3, 0.4) is 0 Å². The number of carbonyl (C=O) groups excluding carboxylic acids is 1. The zero-order chi connectivity index (χ0) is 21.1. The molecule has 26 heavy (non-hydrogen) atoms. The molecule has 1 N–H and O–H groups in total. The normalized spacial score (nSPS) is 14.7. The van der Waals surface area contributed by atoms with Crippen LogP contribution in [-0.4, -0.2) is 42.7 Å². The molecule has 0 spiro atoms. The Hall–Kier alpha value is -1.68. The Morgan fingerprint density at radius 1 is 1.00 bits per heavy atom. The van der Waals surface area contributed by atoms with Gasteiger partial charge in [-0.1, -0.05) is 45.9 Å². The van der Waals surface area contributed by atoms with Crippen LogP contribution in [0.15, 0.2) is 40.6 Å². The summed E-state index contributed by atoms with van der Waals surface area (Å²) >= 11 is 0. The van der Waals surface area contributed by atoms with Crippen LogP contribution in [0.5, 0.6) is 0 Å². The van der Waals surface area contributed by atoms with E-state index in [2.05, 4.69) is 36.7 Å². The molecule has 1 rings (SSSR count). The predicted molar refractivity (Wildman–Crippen MR) is 119 cm³/mol. The summed E-state index contributed by atoms with van der Waals surface area (Å²) in [5.41, 5.74) is 3.24. The lowest BCUT2D eigenvalue weighted by atomic mass is 10.1. The van der Waals surface area contributed by atoms with E-state index in [9.17, 15) is 4.79 Å². The molecule has 4 heteroatoms. The molecular formula is C22H43N3O. The number of allylic oxidation sites excluding steroid dienone is 4. The van der Waals surface area contributed by atoms with Gasteiger partial charge >= 0.3 is 0 Å². The number of piperazine rings is 1. The fraction of sp³-hybridized carbons (Fsp3) is 0.636. The lowest BCUT2D eigenvalue weighted by molar-refractivity contribution is -0.114. The number of nitrogens with zero attached hydrogens (tertiary/aromatic N) is 2. The lowest BCUT2D eigenvalue weighted by Crippen LogP contribution is -2.45. The molecule has 152 valence electrons. The second-order valence-corrected chi connectivity index (χ2v) is 5.59. The molecule has 1 aliphatic heterocycles. The van der Waals surface area contributed by atoms with Gasteiger partial charge in [0.25, 0.3) is 0 Å². The van der Waals surface area contributed by atoms with Crippen molar-refractivity contribution in [3.8, 4) is 0 Å². The summed E-state index contributed by atoms with van der Waals surface area (Å²) < 4.78 is 0. The van der Waals surface area contributed by atoms with Gasteiger partial charge in [-0.25, -0.2) is 4.99 Å². The monoisotopic (exact) mass is 365 g/mol. The summed E-state index contributed by atoms with van der Waals surface area (Å²) in [6.45, 7) is 27.4. The molecule has 0 unspecified atom stereocenters. The van der Waals surface area contributed by atoms with E-state index < -0.39 is 0 Å². The van der Waals surface area contributed by atoms with E-state index >= 15 is 0 Å². The van der Waals surface area contributed by atoms with E-state index in [1.807, 2.05) is 47.6 Å². The number of hydrogen-bond donors (Lipinski definition) is 1. The van der Waals surface area contributed by atoms with Gasteiger partial charge in [-0.05, 0) is 53.2 Å². The third kappa shape index (κ3) is 15.8. The van der Waals surface area contributed by atoms with E-state index in [0.717, 1.165) is 48.9 Å². The molecular weight excluding hydrogens is 322 g/mol. The van der Waals surface area contributed by atoms with Crippen molar-refractivity contribution in [3.05, 3.63) is 35.6 Å². The van der Waals surface area contributed by atoms with Gasteiger partial charge in [-0.15, -0.1) is 0 Å². The van der Waals surface area contributed by atoms with E-state index in [0.29, 0.717) is 0 Å². The Kier molecular flexibility index (Phi) is 22.0. The number of aliphatic imine (C=N–C) groups is 1. The zero-order valence-corrected chi connectivity index (χ0v) is 19.0. The van der Waals surface area contributed by atoms with Gasteiger partial charge in [0, 0.05) is 26.2 Å². The molecule has 0 radical (unpaired) electrons. The van der Waals surface area contributed by atoms with Crippen LogP contribution >= 0.6 is 0 Å². The molecule has 0 bridgehead atoms. The van der Waals surface area contributed by atoms with Crippen molar-refractivity contribution >= 4 is 11.6 Å². The van der Waals surface area contributed by atoms with Crippen LogP contribution in [0, 0.1) is 0 Å². The molecule has 0 aliphatic carbocycles. The van der Waals surface area contributed by atoms with E-state index in [1.165, 1.54) is 13.8 Å². The number of Topliss-reactive ketones (excluding diaryl/α,β-unsaturated/α-hetero) is 1. The number of rotatable bonds is 3. The average molecular weight is 366 g/mol. The number of hydrogen-bond acceptors (Lipinski definition) is 3. The number of carbonyl (C=O) groups is 1. The molecule has 0 saturated carbocycles. The fourth-order valence-electron chi connectivity index (χ4n) is 1.86. The second kappa shape index (κ2) is 19.6. The molecule has 1 aliphatic rings. The second-order valence-electron chi connectivity index (χ2n) is 5.59. The number of nitrogens with one attached hydrogen (secondary N) is 1. The zero-order valence-electron chi connectivity index (χ0n) is 19.0. The first kappa shape index (κ1) is 29.1. The van der Waals surface area contributed by atoms with Gasteiger partial charge in [0.15, 0.2) is 0 Å². The van der Waals surface area contributed by atoms with Gasteiger partial charge in [-0.2, -0.15) is 0 Å². The molecule has 1 fully saturated rings. The van der Waals surface area contributed by atoms with Gasteiger partial charge in [0.2, 0.25) is 0 Å². The van der Waals surface area contributed by atoms with Crippen LogP contribution in [0.1, 0.15) is 69.2 Å². The van der Waals surface area contributed by atoms with Crippen molar-refractivity contribution in [1.29, 1.82) is 0 Å². The van der Waals surface area contributed by atoms with Crippen molar-refractivity contribution < 1.29 is 4.79 Å². The highest BCUT2D eigenvalue weighted by Gasteiger charge is 2.11. The highest BCUT2D eigenvalue weighted by molar-refractivity contribution is 5.81. The summed E-state index contributed by atoms with van der Waals surface area (Å²) in [5.74, 6) is 1.25.